The Hall–Kier alpha value is -4.53. The van der Waals surface area contributed by atoms with Crippen LogP contribution in [0.1, 0.15) is 21.5 Å². The number of aryl methyl sites for hydroxylation is 1. The van der Waals surface area contributed by atoms with Crippen molar-refractivity contribution in [1.29, 1.82) is 0 Å². The van der Waals surface area contributed by atoms with Gasteiger partial charge in [0, 0.05) is 22.4 Å². The van der Waals surface area contributed by atoms with Gasteiger partial charge in [-0.1, -0.05) is 42.0 Å². The summed E-state index contributed by atoms with van der Waals surface area (Å²) in [5, 5.41) is 6.78. The van der Waals surface area contributed by atoms with Gasteiger partial charge in [0.1, 0.15) is 0 Å². The van der Waals surface area contributed by atoms with Gasteiger partial charge in [-0.25, -0.2) is 13.3 Å². The van der Waals surface area contributed by atoms with Crippen LogP contribution in [0.25, 0.3) is 27.9 Å². The van der Waals surface area contributed by atoms with Crippen LogP contribution in [0.3, 0.4) is 0 Å². The summed E-state index contributed by atoms with van der Waals surface area (Å²) in [5.41, 5.74) is 0.988. The lowest BCUT2D eigenvalue weighted by atomic mass is 10.00. The molecular formula is C28H18F5N3O. The molecule has 0 atom stereocenters. The Morgan fingerprint density at radius 3 is 2.35 bits per heavy atom. The zero-order valence-electron chi connectivity index (χ0n) is 19.3. The molecule has 0 aliphatic heterocycles. The molecule has 5 aromatic rings. The van der Waals surface area contributed by atoms with Crippen molar-refractivity contribution in [3.63, 3.8) is 0 Å². The highest BCUT2D eigenvalue weighted by Gasteiger charge is 2.35. The first kappa shape index (κ1) is 24.2. The van der Waals surface area contributed by atoms with E-state index in [9.17, 15) is 26.7 Å². The summed E-state index contributed by atoms with van der Waals surface area (Å²) in [7, 11) is 0. The zero-order valence-corrected chi connectivity index (χ0v) is 19.3. The summed E-state index contributed by atoms with van der Waals surface area (Å²) in [6, 6.07) is 18.5. The average Bonchev–Trinajstić information content (AvgIpc) is 3.30. The standard InChI is InChI=1S/C28H18F5N3O/c1-16-8-11-18(12-9-16)35-27(37)20-14-17(10-13-22(20)28(31,32)33)24-6-3-7-25-21(15-34-36(24)25)19-4-2-5-23(29)26(19)30/h2-15H,1H3,(H,35,37). The molecule has 0 unspecified atom stereocenters. The fourth-order valence-electron chi connectivity index (χ4n) is 4.12. The summed E-state index contributed by atoms with van der Waals surface area (Å²) < 4.78 is 71.0. The van der Waals surface area contributed by atoms with E-state index in [1.54, 1.807) is 42.5 Å². The summed E-state index contributed by atoms with van der Waals surface area (Å²) in [4.78, 5) is 13.0. The lowest BCUT2D eigenvalue weighted by Crippen LogP contribution is -2.19. The molecule has 37 heavy (non-hydrogen) atoms. The van der Waals surface area contributed by atoms with Crippen molar-refractivity contribution in [2.24, 2.45) is 0 Å². The number of nitrogens with one attached hydrogen (secondary N) is 1. The van der Waals surface area contributed by atoms with Crippen molar-refractivity contribution in [2.75, 3.05) is 5.32 Å². The summed E-state index contributed by atoms with van der Waals surface area (Å²) in [6.45, 7) is 1.85. The number of anilines is 1. The van der Waals surface area contributed by atoms with E-state index in [0.717, 1.165) is 23.8 Å². The smallest absolute Gasteiger partial charge is 0.322 e. The molecule has 1 amide bonds. The molecule has 2 aromatic heterocycles. The van der Waals surface area contributed by atoms with Crippen LogP contribution in [-0.4, -0.2) is 15.5 Å². The van der Waals surface area contributed by atoms with E-state index in [0.29, 0.717) is 22.5 Å². The molecular weight excluding hydrogens is 489 g/mol. The summed E-state index contributed by atoms with van der Waals surface area (Å²) in [5.74, 6) is -2.97. The van der Waals surface area contributed by atoms with Gasteiger partial charge in [-0.05, 0) is 49.4 Å². The van der Waals surface area contributed by atoms with Crippen LogP contribution < -0.4 is 5.32 Å². The van der Waals surface area contributed by atoms with Gasteiger partial charge >= 0.3 is 6.18 Å². The number of hydrogen-bond donors (Lipinski definition) is 1. The number of rotatable bonds is 4. The van der Waals surface area contributed by atoms with Gasteiger partial charge in [-0.3, -0.25) is 4.79 Å². The van der Waals surface area contributed by atoms with Gasteiger partial charge < -0.3 is 5.32 Å². The highest BCUT2D eigenvalue weighted by Crippen LogP contribution is 2.36. The molecule has 0 aliphatic carbocycles. The minimum absolute atomic E-state index is 0.00210. The molecule has 9 heteroatoms. The molecule has 4 nitrogen and oxygen atoms in total. The minimum atomic E-state index is -4.77. The highest BCUT2D eigenvalue weighted by molar-refractivity contribution is 6.06. The normalized spacial score (nSPS) is 11.6. The number of fused-ring (bicyclic) bond motifs is 1. The Bertz CT molecular complexity index is 1640. The molecule has 0 fully saturated rings. The number of alkyl halides is 3. The molecule has 186 valence electrons. The number of hydrogen-bond acceptors (Lipinski definition) is 2. The topological polar surface area (TPSA) is 46.4 Å². The number of carbonyl (C=O) groups excluding carboxylic acids is 1. The van der Waals surface area contributed by atoms with Crippen LogP contribution in [0, 0.1) is 18.6 Å². The minimum Gasteiger partial charge on any atom is -0.322 e. The predicted molar refractivity (Wildman–Crippen MR) is 130 cm³/mol. The predicted octanol–water partition coefficient (Wildman–Crippen LogP) is 7.53. The lowest BCUT2D eigenvalue weighted by Gasteiger charge is -2.15. The quantitative estimate of drug-likeness (QED) is 0.256. The molecule has 0 saturated heterocycles. The van der Waals surface area contributed by atoms with Crippen molar-refractivity contribution in [1.82, 2.24) is 9.61 Å². The van der Waals surface area contributed by atoms with Crippen LogP contribution in [0.5, 0.6) is 0 Å². The summed E-state index contributed by atoms with van der Waals surface area (Å²) in [6.07, 6.45) is -3.41. The largest absolute Gasteiger partial charge is 0.417 e. The number of benzene rings is 3. The number of nitrogens with zero attached hydrogens (tertiary/aromatic N) is 2. The maximum Gasteiger partial charge on any atom is 0.417 e. The highest BCUT2D eigenvalue weighted by atomic mass is 19.4. The molecule has 0 saturated carbocycles. The van der Waals surface area contributed by atoms with E-state index < -0.39 is 34.8 Å². The number of pyridine rings is 1. The van der Waals surface area contributed by atoms with Crippen LogP contribution >= 0.6 is 0 Å². The third-order valence-corrected chi connectivity index (χ3v) is 5.96. The Balaban J connectivity index is 1.61. The molecule has 1 N–H and O–H groups in total. The first-order valence-electron chi connectivity index (χ1n) is 11.1. The molecule has 3 aromatic carbocycles. The van der Waals surface area contributed by atoms with Gasteiger partial charge in [0.15, 0.2) is 11.6 Å². The molecule has 0 bridgehead atoms. The van der Waals surface area contributed by atoms with Crippen molar-refractivity contribution in [3.8, 4) is 22.4 Å². The Kier molecular flexibility index (Phi) is 5.99. The van der Waals surface area contributed by atoms with E-state index in [2.05, 4.69) is 10.4 Å². The van der Waals surface area contributed by atoms with Crippen molar-refractivity contribution < 1.29 is 26.7 Å². The van der Waals surface area contributed by atoms with Crippen LogP contribution in [0.15, 0.2) is 85.1 Å². The Morgan fingerprint density at radius 1 is 0.892 bits per heavy atom. The van der Waals surface area contributed by atoms with Crippen molar-refractivity contribution in [2.45, 2.75) is 13.1 Å². The van der Waals surface area contributed by atoms with Gasteiger partial charge in [0.25, 0.3) is 5.91 Å². The molecule has 2 heterocycles. The maximum atomic E-state index is 14.5. The van der Waals surface area contributed by atoms with Crippen LogP contribution in [0.4, 0.5) is 27.6 Å². The fourth-order valence-corrected chi connectivity index (χ4v) is 4.12. The third kappa shape index (κ3) is 4.55. The first-order valence-corrected chi connectivity index (χ1v) is 11.1. The maximum absolute atomic E-state index is 14.5. The number of carbonyl (C=O) groups is 1. The Labute approximate surface area is 208 Å². The van der Waals surface area contributed by atoms with Gasteiger partial charge in [-0.2, -0.15) is 18.3 Å². The molecule has 5 rings (SSSR count). The average molecular weight is 507 g/mol. The van der Waals surface area contributed by atoms with E-state index in [1.807, 2.05) is 6.92 Å². The second-order valence-electron chi connectivity index (χ2n) is 8.45. The fraction of sp³-hybridized carbons (Fsp3) is 0.0714. The third-order valence-electron chi connectivity index (χ3n) is 5.96. The number of amides is 1. The second-order valence-corrected chi connectivity index (χ2v) is 8.45. The van der Waals surface area contributed by atoms with Gasteiger partial charge in [-0.15, -0.1) is 0 Å². The van der Waals surface area contributed by atoms with Crippen LogP contribution in [0.2, 0.25) is 0 Å². The Morgan fingerprint density at radius 2 is 1.62 bits per heavy atom. The molecule has 0 radical (unpaired) electrons. The van der Waals surface area contributed by atoms with E-state index in [-0.39, 0.29) is 11.1 Å². The van der Waals surface area contributed by atoms with E-state index >= 15 is 0 Å². The van der Waals surface area contributed by atoms with Crippen molar-refractivity contribution in [3.05, 3.63) is 113 Å². The van der Waals surface area contributed by atoms with Gasteiger partial charge in [0.05, 0.1) is 28.5 Å². The van der Waals surface area contributed by atoms with E-state index in [1.165, 1.54) is 28.9 Å². The van der Waals surface area contributed by atoms with Crippen molar-refractivity contribution >= 4 is 17.1 Å². The monoisotopic (exact) mass is 507 g/mol. The van der Waals surface area contributed by atoms with Gasteiger partial charge in [0.2, 0.25) is 0 Å². The number of aromatic nitrogens is 2. The summed E-state index contributed by atoms with van der Waals surface area (Å²) >= 11 is 0. The number of halogens is 5. The molecule has 0 aliphatic rings. The van der Waals surface area contributed by atoms with Crippen LogP contribution in [-0.2, 0) is 6.18 Å². The van der Waals surface area contributed by atoms with E-state index in [4.69, 9.17) is 0 Å². The molecule has 0 spiro atoms. The SMILES string of the molecule is Cc1ccc(NC(=O)c2cc(-c3cccc4c(-c5cccc(F)c5F)cnn34)ccc2C(F)(F)F)cc1. The first-order chi connectivity index (χ1) is 17.6. The zero-order chi connectivity index (χ0) is 26.3. The second kappa shape index (κ2) is 9.16. The lowest BCUT2D eigenvalue weighted by molar-refractivity contribution is -0.137.